The van der Waals surface area contributed by atoms with Crippen molar-refractivity contribution < 1.29 is 4.74 Å². The molecular formula is C14H21N5O. The third-order valence-electron chi connectivity index (χ3n) is 2.74. The lowest BCUT2D eigenvalue weighted by atomic mass is 10.1. The Morgan fingerprint density at radius 2 is 2.20 bits per heavy atom. The van der Waals surface area contributed by atoms with Crippen LogP contribution in [0, 0.1) is 0 Å². The second-order valence-corrected chi connectivity index (χ2v) is 4.88. The SMILES string of the molecule is CCCNC(c1cncc(OC(C)C)c1)c1ncn[nH]1. The van der Waals surface area contributed by atoms with E-state index in [0.717, 1.165) is 30.1 Å². The average molecular weight is 275 g/mol. The van der Waals surface area contributed by atoms with Gasteiger partial charge < -0.3 is 10.1 Å². The number of aromatic amines is 1. The Bertz CT molecular complexity index is 512. The number of ether oxygens (including phenoxy) is 1. The minimum absolute atomic E-state index is 0.0549. The summed E-state index contributed by atoms with van der Waals surface area (Å²) in [6, 6.07) is 1.93. The summed E-state index contributed by atoms with van der Waals surface area (Å²) in [6.45, 7) is 7.01. The molecule has 0 amide bonds. The lowest BCUT2D eigenvalue weighted by Crippen LogP contribution is -2.24. The number of hydrogen-bond acceptors (Lipinski definition) is 5. The molecule has 0 aliphatic carbocycles. The molecule has 20 heavy (non-hydrogen) atoms. The fourth-order valence-electron chi connectivity index (χ4n) is 1.95. The van der Waals surface area contributed by atoms with E-state index in [1.165, 1.54) is 6.33 Å². The summed E-state index contributed by atoms with van der Waals surface area (Å²) in [4.78, 5) is 8.49. The van der Waals surface area contributed by atoms with E-state index in [1.807, 2.05) is 26.1 Å². The van der Waals surface area contributed by atoms with Crippen molar-refractivity contribution in [1.82, 2.24) is 25.5 Å². The molecule has 0 saturated carbocycles. The molecule has 0 aromatic carbocycles. The largest absolute Gasteiger partial charge is 0.489 e. The Morgan fingerprint density at radius 3 is 2.85 bits per heavy atom. The highest BCUT2D eigenvalue weighted by Crippen LogP contribution is 2.22. The zero-order valence-corrected chi connectivity index (χ0v) is 12.1. The molecule has 1 unspecified atom stereocenters. The second-order valence-electron chi connectivity index (χ2n) is 4.88. The lowest BCUT2D eigenvalue weighted by molar-refractivity contribution is 0.241. The maximum atomic E-state index is 5.69. The average Bonchev–Trinajstić information content (AvgIpc) is 2.93. The van der Waals surface area contributed by atoms with Crippen molar-refractivity contribution in [2.24, 2.45) is 0 Å². The first-order valence-corrected chi connectivity index (χ1v) is 6.91. The van der Waals surface area contributed by atoms with E-state index >= 15 is 0 Å². The van der Waals surface area contributed by atoms with Gasteiger partial charge in [-0.3, -0.25) is 10.1 Å². The summed E-state index contributed by atoms with van der Waals surface area (Å²) < 4.78 is 5.69. The first kappa shape index (κ1) is 14.5. The number of nitrogens with one attached hydrogen (secondary N) is 2. The Balaban J connectivity index is 2.24. The molecule has 2 N–H and O–H groups in total. The number of rotatable bonds is 7. The molecule has 2 aromatic rings. The Morgan fingerprint density at radius 1 is 1.35 bits per heavy atom. The van der Waals surface area contributed by atoms with Crippen LogP contribution in [0.15, 0.2) is 24.8 Å². The van der Waals surface area contributed by atoms with E-state index in [0.29, 0.717) is 0 Å². The van der Waals surface area contributed by atoms with Crippen LogP contribution in [-0.2, 0) is 0 Å². The summed E-state index contributed by atoms with van der Waals surface area (Å²) in [5, 5.41) is 10.3. The summed E-state index contributed by atoms with van der Waals surface area (Å²) >= 11 is 0. The molecule has 0 aliphatic heterocycles. The highest BCUT2D eigenvalue weighted by atomic mass is 16.5. The molecule has 6 nitrogen and oxygen atoms in total. The monoisotopic (exact) mass is 275 g/mol. The van der Waals surface area contributed by atoms with E-state index in [2.05, 4.69) is 32.4 Å². The topological polar surface area (TPSA) is 75.7 Å². The van der Waals surface area contributed by atoms with Gasteiger partial charge in [0.2, 0.25) is 0 Å². The first-order valence-electron chi connectivity index (χ1n) is 6.91. The number of H-pyrrole nitrogens is 1. The molecule has 2 heterocycles. The van der Waals surface area contributed by atoms with E-state index in [-0.39, 0.29) is 12.1 Å². The zero-order chi connectivity index (χ0) is 14.4. The van der Waals surface area contributed by atoms with Gasteiger partial charge in [0, 0.05) is 6.20 Å². The summed E-state index contributed by atoms with van der Waals surface area (Å²) in [6.07, 6.45) is 6.22. The van der Waals surface area contributed by atoms with Crippen molar-refractivity contribution in [3.8, 4) is 5.75 Å². The minimum Gasteiger partial charge on any atom is -0.489 e. The van der Waals surface area contributed by atoms with Gasteiger partial charge >= 0.3 is 0 Å². The molecule has 0 spiro atoms. The molecular weight excluding hydrogens is 254 g/mol. The Labute approximate surface area is 119 Å². The van der Waals surface area contributed by atoms with Crippen molar-refractivity contribution in [1.29, 1.82) is 0 Å². The van der Waals surface area contributed by atoms with Crippen molar-refractivity contribution in [3.63, 3.8) is 0 Å². The van der Waals surface area contributed by atoms with Gasteiger partial charge in [0.1, 0.15) is 17.9 Å². The van der Waals surface area contributed by atoms with Crippen LogP contribution in [-0.4, -0.2) is 32.8 Å². The van der Waals surface area contributed by atoms with Gasteiger partial charge in [-0.1, -0.05) is 6.92 Å². The molecule has 0 aliphatic rings. The van der Waals surface area contributed by atoms with Gasteiger partial charge in [0.25, 0.3) is 0 Å². The Hall–Kier alpha value is -1.95. The number of pyridine rings is 1. The molecule has 6 heteroatoms. The summed E-state index contributed by atoms with van der Waals surface area (Å²) in [5.74, 6) is 1.54. The van der Waals surface area contributed by atoms with E-state index in [4.69, 9.17) is 4.74 Å². The van der Waals surface area contributed by atoms with Gasteiger partial charge in [-0.15, -0.1) is 0 Å². The number of hydrogen-bond donors (Lipinski definition) is 2. The van der Waals surface area contributed by atoms with E-state index in [1.54, 1.807) is 6.20 Å². The second kappa shape index (κ2) is 7.00. The van der Waals surface area contributed by atoms with Crippen LogP contribution in [0.25, 0.3) is 0 Å². The highest BCUT2D eigenvalue weighted by Gasteiger charge is 2.17. The fraction of sp³-hybridized carbons (Fsp3) is 0.500. The predicted octanol–water partition coefficient (Wildman–Crippen LogP) is 2.08. The van der Waals surface area contributed by atoms with Crippen LogP contribution in [0.5, 0.6) is 5.75 Å². The smallest absolute Gasteiger partial charge is 0.146 e. The molecule has 0 saturated heterocycles. The standard InChI is InChI=1S/C14H21N5O/c1-4-5-16-13(14-17-9-18-19-14)11-6-12(8-15-7-11)20-10(2)3/h6-10,13,16H,4-5H2,1-3H3,(H,17,18,19). The minimum atomic E-state index is -0.0549. The fourth-order valence-corrected chi connectivity index (χ4v) is 1.95. The van der Waals surface area contributed by atoms with Gasteiger partial charge in [0.15, 0.2) is 0 Å². The van der Waals surface area contributed by atoms with Gasteiger partial charge in [-0.2, -0.15) is 5.10 Å². The Kier molecular flexibility index (Phi) is 5.06. The van der Waals surface area contributed by atoms with Crippen LogP contribution in [0.3, 0.4) is 0 Å². The molecule has 0 bridgehead atoms. The predicted molar refractivity (Wildman–Crippen MR) is 76.5 cm³/mol. The van der Waals surface area contributed by atoms with E-state index < -0.39 is 0 Å². The van der Waals surface area contributed by atoms with Crippen molar-refractivity contribution in [2.45, 2.75) is 39.3 Å². The van der Waals surface area contributed by atoms with Crippen molar-refractivity contribution in [3.05, 3.63) is 36.2 Å². The molecule has 2 rings (SSSR count). The maximum absolute atomic E-state index is 5.69. The number of nitrogens with zero attached hydrogens (tertiary/aromatic N) is 3. The first-order chi connectivity index (χ1) is 9.70. The molecule has 108 valence electrons. The normalized spacial score (nSPS) is 12.6. The van der Waals surface area contributed by atoms with Crippen LogP contribution in [0.4, 0.5) is 0 Å². The van der Waals surface area contributed by atoms with Gasteiger partial charge in [-0.25, -0.2) is 4.98 Å². The van der Waals surface area contributed by atoms with E-state index in [9.17, 15) is 0 Å². The van der Waals surface area contributed by atoms with Crippen molar-refractivity contribution >= 4 is 0 Å². The van der Waals surface area contributed by atoms with Crippen LogP contribution >= 0.6 is 0 Å². The molecule has 2 aromatic heterocycles. The summed E-state index contributed by atoms with van der Waals surface area (Å²) in [5.41, 5.74) is 1.01. The van der Waals surface area contributed by atoms with Crippen LogP contribution in [0.2, 0.25) is 0 Å². The van der Waals surface area contributed by atoms with Crippen molar-refractivity contribution in [2.75, 3.05) is 6.54 Å². The zero-order valence-electron chi connectivity index (χ0n) is 12.1. The van der Waals surface area contributed by atoms with Crippen LogP contribution < -0.4 is 10.1 Å². The van der Waals surface area contributed by atoms with Crippen LogP contribution in [0.1, 0.15) is 44.6 Å². The third kappa shape index (κ3) is 3.77. The lowest BCUT2D eigenvalue weighted by Gasteiger charge is -2.17. The summed E-state index contributed by atoms with van der Waals surface area (Å²) in [7, 11) is 0. The third-order valence-corrected chi connectivity index (χ3v) is 2.74. The molecule has 1 atom stereocenters. The maximum Gasteiger partial charge on any atom is 0.146 e. The number of aromatic nitrogens is 4. The van der Waals surface area contributed by atoms with Gasteiger partial charge in [-0.05, 0) is 38.4 Å². The highest BCUT2D eigenvalue weighted by molar-refractivity contribution is 5.29. The quantitative estimate of drug-likeness (QED) is 0.809. The van der Waals surface area contributed by atoms with Gasteiger partial charge in [0.05, 0.1) is 18.3 Å². The molecule has 0 fully saturated rings. The molecule has 0 radical (unpaired) electrons.